The van der Waals surface area contributed by atoms with E-state index in [4.69, 9.17) is 0 Å². The summed E-state index contributed by atoms with van der Waals surface area (Å²) in [6.07, 6.45) is 3.90. The van der Waals surface area contributed by atoms with Gasteiger partial charge in [0.2, 0.25) is 0 Å². The van der Waals surface area contributed by atoms with Crippen molar-refractivity contribution < 1.29 is 4.92 Å². The van der Waals surface area contributed by atoms with Gasteiger partial charge in [0, 0.05) is 28.2 Å². The highest BCUT2D eigenvalue weighted by molar-refractivity contribution is 9.10. The second-order valence-electron chi connectivity index (χ2n) is 4.25. The van der Waals surface area contributed by atoms with Crippen LogP contribution in [0.3, 0.4) is 0 Å². The number of hydrogen-bond acceptors (Lipinski definition) is 4. The van der Waals surface area contributed by atoms with Crippen molar-refractivity contribution in [2.45, 2.75) is 18.9 Å². The van der Waals surface area contributed by atoms with Crippen LogP contribution in [0, 0.1) is 10.1 Å². The molecular weight excluding hydrogens is 300 g/mol. The lowest BCUT2D eigenvalue weighted by atomic mass is 10.2. The van der Waals surface area contributed by atoms with E-state index in [2.05, 4.69) is 26.1 Å². The predicted octanol–water partition coefficient (Wildman–Crippen LogP) is 2.95. The van der Waals surface area contributed by atoms with Gasteiger partial charge in [-0.15, -0.1) is 10.2 Å². The first-order valence-electron chi connectivity index (χ1n) is 5.50. The standard InChI is InChI=1S/C11H9BrN4O2/c12-8-3-7(4-10(5-8)16(17)18)11-14-13-6-15(11)9-1-2-9/h3-6,9H,1-2H2. The van der Waals surface area contributed by atoms with Crippen LogP contribution >= 0.6 is 15.9 Å². The minimum atomic E-state index is -0.411. The molecule has 0 radical (unpaired) electrons. The van der Waals surface area contributed by atoms with Gasteiger partial charge in [-0.1, -0.05) is 15.9 Å². The summed E-state index contributed by atoms with van der Waals surface area (Å²) in [6.45, 7) is 0. The van der Waals surface area contributed by atoms with Crippen molar-refractivity contribution in [1.29, 1.82) is 0 Å². The molecule has 1 aromatic heterocycles. The fourth-order valence-corrected chi connectivity index (χ4v) is 2.36. The molecular formula is C11H9BrN4O2. The van der Waals surface area contributed by atoms with Crippen molar-refractivity contribution in [2.24, 2.45) is 0 Å². The van der Waals surface area contributed by atoms with Crippen LogP contribution in [0.15, 0.2) is 29.0 Å². The van der Waals surface area contributed by atoms with E-state index in [1.54, 1.807) is 6.33 Å². The molecule has 7 heteroatoms. The quantitative estimate of drug-likeness (QED) is 0.645. The minimum Gasteiger partial charge on any atom is -0.310 e. The lowest BCUT2D eigenvalue weighted by Crippen LogP contribution is -1.97. The summed E-state index contributed by atoms with van der Waals surface area (Å²) < 4.78 is 2.64. The molecule has 0 atom stereocenters. The molecule has 1 aliphatic carbocycles. The molecule has 0 N–H and O–H groups in total. The molecule has 0 saturated heterocycles. The molecule has 18 heavy (non-hydrogen) atoms. The molecule has 2 aromatic rings. The van der Waals surface area contributed by atoms with Crippen molar-refractivity contribution in [3.63, 3.8) is 0 Å². The first kappa shape index (κ1) is 11.3. The highest BCUT2D eigenvalue weighted by atomic mass is 79.9. The second-order valence-corrected chi connectivity index (χ2v) is 5.16. The van der Waals surface area contributed by atoms with Crippen LogP contribution in [0.5, 0.6) is 0 Å². The van der Waals surface area contributed by atoms with Gasteiger partial charge >= 0.3 is 0 Å². The van der Waals surface area contributed by atoms with Crippen molar-refractivity contribution in [1.82, 2.24) is 14.8 Å². The molecule has 1 fully saturated rings. The zero-order valence-corrected chi connectivity index (χ0v) is 10.9. The maximum Gasteiger partial charge on any atom is 0.271 e. The molecule has 0 bridgehead atoms. The highest BCUT2D eigenvalue weighted by Gasteiger charge is 2.27. The van der Waals surface area contributed by atoms with E-state index in [9.17, 15) is 10.1 Å². The second kappa shape index (κ2) is 4.16. The summed E-state index contributed by atoms with van der Waals surface area (Å²) in [7, 11) is 0. The summed E-state index contributed by atoms with van der Waals surface area (Å²) in [5.74, 6) is 0.682. The summed E-state index contributed by atoms with van der Waals surface area (Å²) in [5, 5.41) is 18.8. The maximum atomic E-state index is 10.8. The third kappa shape index (κ3) is 2.01. The number of rotatable bonds is 3. The van der Waals surface area contributed by atoms with E-state index < -0.39 is 4.92 Å². The van der Waals surface area contributed by atoms with Crippen LogP contribution in [0.1, 0.15) is 18.9 Å². The Balaban J connectivity index is 2.10. The molecule has 1 heterocycles. The molecule has 1 saturated carbocycles. The normalized spacial score (nSPS) is 14.7. The molecule has 3 rings (SSSR count). The minimum absolute atomic E-state index is 0.0460. The molecule has 1 aromatic carbocycles. The first-order valence-corrected chi connectivity index (χ1v) is 6.29. The third-order valence-corrected chi connectivity index (χ3v) is 3.32. The zero-order chi connectivity index (χ0) is 12.7. The van der Waals surface area contributed by atoms with Gasteiger partial charge in [0.15, 0.2) is 5.82 Å². The highest BCUT2D eigenvalue weighted by Crippen LogP contribution is 2.38. The molecule has 92 valence electrons. The van der Waals surface area contributed by atoms with Crippen molar-refractivity contribution in [2.75, 3.05) is 0 Å². The summed E-state index contributed by atoms with van der Waals surface area (Å²) in [6, 6.07) is 5.25. The van der Waals surface area contributed by atoms with Gasteiger partial charge in [0.25, 0.3) is 5.69 Å². The fraction of sp³-hybridized carbons (Fsp3) is 0.273. The van der Waals surface area contributed by atoms with Gasteiger partial charge in [-0.25, -0.2) is 0 Å². The Morgan fingerprint density at radius 1 is 1.39 bits per heavy atom. The number of non-ortho nitro benzene ring substituents is 1. The Labute approximate surface area is 111 Å². The van der Waals surface area contributed by atoms with E-state index >= 15 is 0 Å². The third-order valence-electron chi connectivity index (χ3n) is 2.86. The number of halogens is 1. The number of aromatic nitrogens is 3. The van der Waals surface area contributed by atoms with Crippen molar-refractivity contribution in [3.05, 3.63) is 39.1 Å². The van der Waals surface area contributed by atoms with Crippen LogP contribution in [0.25, 0.3) is 11.4 Å². The van der Waals surface area contributed by atoms with E-state index in [0.717, 1.165) is 12.8 Å². The van der Waals surface area contributed by atoms with Crippen LogP contribution in [0.4, 0.5) is 5.69 Å². The monoisotopic (exact) mass is 308 g/mol. The number of benzene rings is 1. The van der Waals surface area contributed by atoms with Crippen molar-refractivity contribution >= 4 is 21.6 Å². The largest absolute Gasteiger partial charge is 0.310 e. The average Bonchev–Trinajstić information content (AvgIpc) is 3.06. The fourth-order valence-electron chi connectivity index (χ4n) is 1.88. The topological polar surface area (TPSA) is 73.8 Å². The van der Waals surface area contributed by atoms with Crippen LogP contribution in [0.2, 0.25) is 0 Å². The van der Waals surface area contributed by atoms with E-state index in [-0.39, 0.29) is 5.69 Å². The number of nitrogens with zero attached hydrogens (tertiary/aromatic N) is 4. The summed E-state index contributed by atoms with van der Waals surface area (Å²) >= 11 is 3.28. The van der Waals surface area contributed by atoms with Gasteiger partial charge < -0.3 is 4.57 Å². The molecule has 0 amide bonds. The molecule has 1 aliphatic rings. The lowest BCUT2D eigenvalue weighted by Gasteiger charge is -2.05. The Morgan fingerprint density at radius 2 is 2.17 bits per heavy atom. The number of hydrogen-bond donors (Lipinski definition) is 0. The van der Waals surface area contributed by atoms with E-state index in [1.807, 2.05) is 10.6 Å². The average molecular weight is 309 g/mol. The van der Waals surface area contributed by atoms with Crippen LogP contribution < -0.4 is 0 Å². The van der Waals surface area contributed by atoms with Crippen LogP contribution in [-0.4, -0.2) is 19.7 Å². The van der Waals surface area contributed by atoms with Gasteiger partial charge in [-0.3, -0.25) is 10.1 Å². The maximum absolute atomic E-state index is 10.8. The van der Waals surface area contributed by atoms with Gasteiger partial charge in [0.1, 0.15) is 6.33 Å². The molecule has 0 unspecified atom stereocenters. The van der Waals surface area contributed by atoms with E-state index in [0.29, 0.717) is 21.9 Å². The number of nitro benzene ring substituents is 1. The Morgan fingerprint density at radius 3 is 2.83 bits per heavy atom. The zero-order valence-electron chi connectivity index (χ0n) is 9.28. The van der Waals surface area contributed by atoms with E-state index in [1.165, 1.54) is 12.1 Å². The van der Waals surface area contributed by atoms with Gasteiger partial charge in [-0.05, 0) is 18.9 Å². The summed E-state index contributed by atoms with van der Waals surface area (Å²) in [5.41, 5.74) is 0.755. The first-order chi connectivity index (χ1) is 8.65. The molecule has 6 nitrogen and oxygen atoms in total. The van der Waals surface area contributed by atoms with Crippen LogP contribution in [-0.2, 0) is 0 Å². The predicted molar refractivity (Wildman–Crippen MR) is 68.1 cm³/mol. The Bertz CT molecular complexity index is 621. The van der Waals surface area contributed by atoms with Gasteiger partial charge in [-0.2, -0.15) is 0 Å². The molecule has 0 spiro atoms. The Kier molecular flexibility index (Phi) is 2.62. The lowest BCUT2D eigenvalue weighted by molar-refractivity contribution is -0.384. The molecule has 0 aliphatic heterocycles. The Hall–Kier alpha value is -1.76. The smallest absolute Gasteiger partial charge is 0.271 e. The SMILES string of the molecule is O=[N+]([O-])c1cc(Br)cc(-c2nncn2C2CC2)c1. The summed E-state index contributed by atoms with van der Waals surface area (Å²) in [4.78, 5) is 10.4. The number of nitro groups is 1. The van der Waals surface area contributed by atoms with Crippen molar-refractivity contribution in [3.8, 4) is 11.4 Å². The van der Waals surface area contributed by atoms with Gasteiger partial charge in [0.05, 0.1) is 4.92 Å².